The van der Waals surface area contributed by atoms with Gasteiger partial charge in [-0.15, -0.1) is 5.10 Å². The summed E-state index contributed by atoms with van der Waals surface area (Å²) in [6.45, 7) is 9.82. The molecule has 0 aliphatic rings. The van der Waals surface area contributed by atoms with E-state index in [2.05, 4.69) is 36.4 Å². The van der Waals surface area contributed by atoms with E-state index in [1.165, 1.54) is 0 Å². The van der Waals surface area contributed by atoms with E-state index in [9.17, 15) is 0 Å². The monoisotopic (exact) mass is 226 g/mol. The van der Waals surface area contributed by atoms with Gasteiger partial charge in [0.25, 0.3) is 0 Å². The summed E-state index contributed by atoms with van der Waals surface area (Å²) in [6.07, 6.45) is 1.79. The number of nitrogens with zero attached hydrogens (tertiary/aromatic N) is 3. The van der Waals surface area contributed by atoms with Crippen LogP contribution in [0.25, 0.3) is 0 Å². The fourth-order valence-electron chi connectivity index (χ4n) is 1.92. The number of rotatable bonds is 6. The van der Waals surface area contributed by atoms with Gasteiger partial charge in [0.1, 0.15) is 0 Å². The van der Waals surface area contributed by atoms with Gasteiger partial charge in [0.05, 0.1) is 23.5 Å². The Kier molecular flexibility index (Phi) is 4.44. The molecule has 1 aromatic rings. The van der Waals surface area contributed by atoms with Gasteiger partial charge in [0.15, 0.2) is 0 Å². The topological polar surface area (TPSA) is 52.0 Å². The van der Waals surface area contributed by atoms with E-state index in [0.717, 1.165) is 12.2 Å². The molecule has 1 N–H and O–H groups in total. The summed E-state index contributed by atoms with van der Waals surface area (Å²) >= 11 is 0. The first kappa shape index (κ1) is 13.1. The molecule has 0 radical (unpaired) electrons. The molecule has 0 aromatic carbocycles. The Labute approximate surface area is 97.2 Å². The third-order valence-corrected chi connectivity index (χ3v) is 2.67. The van der Waals surface area contributed by atoms with Gasteiger partial charge in [0.2, 0.25) is 0 Å². The first-order valence-corrected chi connectivity index (χ1v) is 5.74. The van der Waals surface area contributed by atoms with Gasteiger partial charge in [-0.1, -0.05) is 12.1 Å². The molecule has 0 spiro atoms. The van der Waals surface area contributed by atoms with Crippen molar-refractivity contribution in [2.75, 3.05) is 13.2 Å². The maximum Gasteiger partial charge on any atom is 0.0836 e. The van der Waals surface area contributed by atoms with E-state index in [-0.39, 0.29) is 11.6 Å². The molecule has 5 heteroatoms. The lowest BCUT2D eigenvalue weighted by Crippen LogP contribution is -2.42. The van der Waals surface area contributed by atoms with Gasteiger partial charge in [-0.05, 0) is 27.3 Å². The molecule has 0 aliphatic carbocycles. The van der Waals surface area contributed by atoms with Crippen molar-refractivity contribution < 1.29 is 4.74 Å². The number of hydrogen-bond acceptors (Lipinski definition) is 4. The van der Waals surface area contributed by atoms with E-state index < -0.39 is 0 Å². The second-order valence-corrected chi connectivity index (χ2v) is 4.31. The lowest BCUT2D eigenvalue weighted by atomic mass is 9.95. The standard InChI is InChI=1S/C11H22N4O/c1-6-12-10(11(3,4)16-7-2)9-8-13-14-15(9)5/h8,10,12H,6-7H2,1-5H3. The molecule has 0 saturated heterocycles. The molecular formula is C11H22N4O. The number of aryl methyl sites for hydroxylation is 1. The summed E-state index contributed by atoms with van der Waals surface area (Å²) in [5.41, 5.74) is 0.764. The highest BCUT2D eigenvalue weighted by atomic mass is 16.5. The molecule has 1 heterocycles. The van der Waals surface area contributed by atoms with Crippen LogP contribution < -0.4 is 5.32 Å². The van der Waals surface area contributed by atoms with Crippen LogP contribution in [-0.4, -0.2) is 33.7 Å². The Morgan fingerprint density at radius 3 is 2.62 bits per heavy atom. The van der Waals surface area contributed by atoms with Crippen molar-refractivity contribution in [3.05, 3.63) is 11.9 Å². The number of likely N-dealkylation sites (N-methyl/N-ethyl adjacent to an activating group) is 1. The first-order chi connectivity index (χ1) is 7.53. The summed E-state index contributed by atoms with van der Waals surface area (Å²) < 4.78 is 7.58. The lowest BCUT2D eigenvalue weighted by Gasteiger charge is -2.34. The van der Waals surface area contributed by atoms with Crippen LogP contribution in [0.1, 0.15) is 39.4 Å². The highest BCUT2D eigenvalue weighted by molar-refractivity contribution is 5.08. The van der Waals surface area contributed by atoms with Gasteiger partial charge in [-0.3, -0.25) is 4.68 Å². The Bertz CT molecular complexity index is 322. The maximum absolute atomic E-state index is 5.79. The minimum absolute atomic E-state index is 0.0949. The zero-order chi connectivity index (χ0) is 12.2. The maximum atomic E-state index is 5.79. The van der Waals surface area contributed by atoms with E-state index in [0.29, 0.717) is 6.61 Å². The molecule has 16 heavy (non-hydrogen) atoms. The minimum atomic E-state index is -0.278. The Morgan fingerprint density at radius 1 is 1.50 bits per heavy atom. The Balaban J connectivity index is 2.95. The summed E-state index contributed by atoms with van der Waals surface area (Å²) in [6, 6.07) is 0.0949. The third-order valence-electron chi connectivity index (χ3n) is 2.67. The second-order valence-electron chi connectivity index (χ2n) is 4.31. The molecule has 0 saturated carbocycles. The van der Waals surface area contributed by atoms with Crippen LogP contribution in [0.4, 0.5) is 0 Å². The van der Waals surface area contributed by atoms with Crippen molar-refractivity contribution in [3.63, 3.8) is 0 Å². The van der Waals surface area contributed by atoms with E-state index in [1.807, 2.05) is 14.0 Å². The summed E-state index contributed by atoms with van der Waals surface area (Å²) in [7, 11) is 1.90. The smallest absolute Gasteiger partial charge is 0.0836 e. The van der Waals surface area contributed by atoms with Crippen molar-refractivity contribution in [3.8, 4) is 0 Å². The van der Waals surface area contributed by atoms with Crippen LogP contribution in [0.2, 0.25) is 0 Å². The highest BCUT2D eigenvalue weighted by Crippen LogP contribution is 2.27. The molecule has 5 nitrogen and oxygen atoms in total. The normalized spacial score (nSPS) is 14.1. The van der Waals surface area contributed by atoms with Crippen LogP contribution in [0.5, 0.6) is 0 Å². The van der Waals surface area contributed by atoms with Gasteiger partial charge >= 0.3 is 0 Å². The van der Waals surface area contributed by atoms with Crippen molar-refractivity contribution in [1.29, 1.82) is 0 Å². The Hall–Kier alpha value is -0.940. The average Bonchev–Trinajstić information content (AvgIpc) is 2.60. The highest BCUT2D eigenvalue weighted by Gasteiger charge is 2.32. The fourth-order valence-corrected chi connectivity index (χ4v) is 1.92. The van der Waals surface area contributed by atoms with Crippen LogP contribution in [-0.2, 0) is 11.8 Å². The van der Waals surface area contributed by atoms with Gasteiger partial charge in [0, 0.05) is 13.7 Å². The largest absolute Gasteiger partial charge is 0.374 e. The number of aromatic nitrogens is 3. The molecule has 1 aromatic heterocycles. The minimum Gasteiger partial charge on any atom is -0.374 e. The second kappa shape index (κ2) is 5.41. The van der Waals surface area contributed by atoms with Crippen LogP contribution in [0, 0.1) is 0 Å². The summed E-state index contributed by atoms with van der Waals surface area (Å²) in [5, 5.41) is 11.3. The molecule has 0 fully saturated rings. The number of hydrogen-bond donors (Lipinski definition) is 1. The van der Waals surface area contributed by atoms with Gasteiger partial charge < -0.3 is 10.1 Å². The molecule has 92 valence electrons. The summed E-state index contributed by atoms with van der Waals surface area (Å²) in [5.74, 6) is 0. The van der Waals surface area contributed by atoms with E-state index >= 15 is 0 Å². The van der Waals surface area contributed by atoms with Gasteiger partial charge in [-0.25, -0.2) is 0 Å². The third kappa shape index (κ3) is 2.80. The lowest BCUT2D eigenvalue weighted by molar-refractivity contribution is -0.0406. The van der Waals surface area contributed by atoms with Crippen LogP contribution in [0.3, 0.4) is 0 Å². The van der Waals surface area contributed by atoms with Crippen LogP contribution in [0.15, 0.2) is 6.20 Å². The van der Waals surface area contributed by atoms with Gasteiger partial charge in [-0.2, -0.15) is 0 Å². The van der Waals surface area contributed by atoms with E-state index in [4.69, 9.17) is 4.74 Å². The van der Waals surface area contributed by atoms with Crippen molar-refractivity contribution in [1.82, 2.24) is 20.3 Å². The average molecular weight is 226 g/mol. The molecule has 0 amide bonds. The number of nitrogens with one attached hydrogen (secondary N) is 1. The molecule has 1 unspecified atom stereocenters. The molecule has 0 aliphatic heterocycles. The van der Waals surface area contributed by atoms with Crippen molar-refractivity contribution in [2.24, 2.45) is 7.05 Å². The van der Waals surface area contributed by atoms with Crippen LogP contribution >= 0.6 is 0 Å². The zero-order valence-electron chi connectivity index (χ0n) is 10.8. The zero-order valence-corrected chi connectivity index (χ0v) is 10.8. The predicted octanol–water partition coefficient (Wildman–Crippen LogP) is 1.28. The summed E-state index contributed by atoms with van der Waals surface area (Å²) in [4.78, 5) is 0. The predicted molar refractivity (Wildman–Crippen MR) is 63.1 cm³/mol. The van der Waals surface area contributed by atoms with E-state index in [1.54, 1.807) is 10.9 Å². The first-order valence-electron chi connectivity index (χ1n) is 5.74. The Morgan fingerprint density at radius 2 is 2.19 bits per heavy atom. The van der Waals surface area contributed by atoms with Crippen molar-refractivity contribution >= 4 is 0 Å². The molecule has 0 bridgehead atoms. The van der Waals surface area contributed by atoms with Crippen molar-refractivity contribution in [2.45, 2.75) is 39.3 Å². The molecule has 1 atom stereocenters. The SMILES string of the molecule is CCNC(c1cnnn1C)C(C)(C)OCC. The molecular weight excluding hydrogens is 204 g/mol. The molecule has 1 rings (SSSR count). The fraction of sp³-hybridized carbons (Fsp3) is 0.818. The number of ether oxygens (including phenoxy) is 1. The quantitative estimate of drug-likeness (QED) is 0.794.